The van der Waals surface area contributed by atoms with E-state index in [1.165, 1.54) is 0 Å². The summed E-state index contributed by atoms with van der Waals surface area (Å²) in [5, 5.41) is 3.54. The van der Waals surface area contributed by atoms with Crippen molar-refractivity contribution in [3.63, 3.8) is 0 Å². The summed E-state index contributed by atoms with van der Waals surface area (Å²) in [4.78, 5) is 0. The van der Waals surface area contributed by atoms with Crippen LogP contribution >= 0.6 is 0 Å². The van der Waals surface area contributed by atoms with Crippen molar-refractivity contribution in [3.05, 3.63) is 35.9 Å². The fraction of sp³-hybridized carbons (Fsp3) is 0.467. The highest BCUT2D eigenvalue weighted by Crippen LogP contribution is 2.31. The molecule has 0 heterocycles. The Balaban J connectivity index is 2.03. The van der Waals surface area contributed by atoms with Gasteiger partial charge in [0, 0.05) is 18.2 Å². The Morgan fingerprint density at radius 3 is 2.72 bits per heavy atom. The van der Waals surface area contributed by atoms with Gasteiger partial charge in [-0.1, -0.05) is 24.3 Å². The number of hydrogen-bond donors (Lipinski definition) is 1. The molecule has 1 aromatic carbocycles. The molecule has 2 rings (SSSR count). The Labute approximate surface area is 109 Å². The second-order valence-electron chi connectivity index (χ2n) is 4.40. The van der Waals surface area contributed by atoms with E-state index in [2.05, 4.69) is 23.5 Å². The second-order valence-corrected chi connectivity index (χ2v) is 4.40. The molecule has 0 amide bonds. The van der Waals surface area contributed by atoms with Crippen molar-refractivity contribution in [2.75, 3.05) is 13.7 Å². The van der Waals surface area contributed by atoms with Gasteiger partial charge in [-0.05, 0) is 25.8 Å². The number of para-hydroxylation sites is 1. The van der Waals surface area contributed by atoms with Gasteiger partial charge < -0.3 is 14.8 Å². The van der Waals surface area contributed by atoms with Gasteiger partial charge in [0.25, 0.3) is 0 Å². The van der Waals surface area contributed by atoms with Crippen molar-refractivity contribution < 1.29 is 9.47 Å². The van der Waals surface area contributed by atoms with Crippen LogP contribution in [0.1, 0.15) is 25.3 Å². The third-order valence-electron chi connectivity index (χ3n) is 3.15. The molecule has 1 aromatic rings. The van der Waals surface area contributed by atoms with Crippen LogP contribution in [0.2, 0.25) is 0 Å². The summed E-state index contributed by atoms with van der Waals surface area (Å²) < 4.78 is 11.0. The Hall–Kier alpha value is -1.48. The van der Waals surface area contributed by atoms with Gasteiger partial charge in [0.1, 0.15) is 0 Å². The molecule has 0 aromatic heterocycles. The molecule has 1 N–H and O–H groups in total. The largest absolute Gasteiger partial charge is 0.493 e. The average molecular weight is 247 g/mol. The number of nitrogens with one attached hydrogen (secondary N) is 1. The van der Waals surface area contributed by atoms with E-state index in [0.29, 0.717) is 12.6 Å². The lowest BCUT2D eigenvalue weighted by molar-refractivity contribution is 0.308. The van der Waals surface area contributed by atoms with Gasteiger partial charge in [-0.15, -0.1) is 0 Å². The first-order valence-corrected chi connectivity index (χ1v) is 6.52. The average Bonchev–Trinajstić information content (AvgIpc) is 2.90. The number of benzene rings is 1. The van der Waals surface area contributed by atoms with E-state index in [-0.39, 0.29) is 0 Å². The highest BCUT2D eigenvalue weighted by molar-refractivity contribution is 5.46. The van der Waals surface area contributed by atoms with Crippen molar-refractivity contribution >= 4 is 0 Å². The highest BCUT2D eigenvalue weighted by atomic mass is 16.5. The van der Waals surface area contributed by atoms with Gasteiger partial charge in [-0.25, -0.2) is 0 Å². The molecule has 0 radical (unpaired) electrons. The molecule has 3 nitrogen and oxygen atoms in total. The third-order valence-corrected chi connectivity index (χ3v) is 3.15. The van der Waals surface area contributed by atoms with E-state index in [4.69, 9.17) is 9.47 Å². The minimum atomic E-state index is 0.561. The zero-order valence-electron chi connectivity index (χ0n) is 11.1. The lowest BCUT2D eigenvalue weighted by atomic mass is 10.1. The number of ether oxygens (including phenoxy) is 2. The fourth-order valence-corrected chi connectivity index (χ4v) is 2.24. The van der Waals surface area contributed by atoms with Gasteiger partial charge in [-0.2, -0.15) is 0 Å². The van der Waals surface area contributed by atoms with Gasteiger partial charge in [0.15, 0.2) is 11.5 Å². The Bertz CT molecular complexity index is 407. The SMILES string of the molecule is CCOc1cccc(CNC2CC=CC2)c1OC. The fourth-order valence-electron chi connectivity index (χ4n) is 2.24. The highest BCUT2D eigenvalue weighted by Gasteiger charge is 2.13. The van der Waals surface area contributed by atoms with Crippen LogP contribution in [0.25, 0.3) is 0 Å². The molecular formula is C15H21NO2. The topological polar surface area (TPSA) is 30.5 Å². The summed E-state index contributed by atoms with van der Waals surface area (Å²) in [7, 11) is 1.69. The van der Waals surface area contributed by atoms with Gasteiger partial charge in [0.2, 0.25) is 0 Å². The molecule has 0 spiro atoms. The molecule has 3 heteroatoms. The second kappa shape index (κ2) is 6.45. The smallest absolute Gasteiger partial charge is 0.165 e. The van der Waals surface area contributed by atoms with Crippen molar-refractivity contribution in [3.8, 4) is 11.5 Å². The molecule has 0 fully saturated rings. The van der Waals surface area contributed by atoms with Crippen LogP contribution in [0.5, 0.6) is 11.5 Å². The normalized spacial score (nSPS) is 15.0. The van der Waals surface area contributed by atoms with Crippen LogP contribution in [-0.4, -0.2) is 19.8 Å². The van der Waals surface area contributed by atoms with Crippen molar-refractivity contribution in [1.82, 2.24) is 5.32 Å². The van der Waals surface area contributed by atoms with E-state index in [0.717, 1.165) is 36.4 Å². The first-order chi connectivity index (χ1) is 8.85. The molecule has 1 aliphatic rings. The first-order valence-electron chi connectivity index (χ1n) is 6.52. The molecule has 0 unspecified atom stereocenters. The summed E-state index contributed by atoms with van der Waals surface area (Å²) in [5.74, 6) is 1.67. The van der Waals surface area contributed by atoms with Crippen LogP contribution in [0, 0.1) is 0 Å². The molecule has 0 aliphatic heterocycles. The molecule has 18 heavy (non-hydrogen) atoms. The summed E-state index contributed by atoms with van der Waals surface area (Å²) in [6.07, 6.45) is 6.69. The number of methoxy groups -OCH3 is 1. The van der Waals surface area contributed by atoms with Crippen LogP contribution in [-0.2, 0) is 6.54 Å². The maximum absolute atomic E-state index is 5.58. The van der Waals surface area contributed by atoms with Gasteiger partial charge in [0.05, 0.1) is 13.7 Å². The molecule has 0 saturated carbocycles. The van der Waals surface area contributed by atoms with E-state index in [1.807, 2.05) is 19.1 Å². The Morgan fingerprint density at radius 1 is 1.28 bits per heavy atom. The maximum atomic E-state index is 5.58. The van der Waals surface area contributed by atoms with Crippen LogP contribution in [0.15, 0.2) is 30.4 Å². The number of rotatable bonds is 6. The molecule has 0 saturated heterocycles. The molecule has 1 aliphatic carbocycles. The Morgan fingerprint density at radius 2 is 2.06 bits per heavy atom. The van der Waals surface area contributed by atoms with E-state index in [1.54, 1.807) is 7.11 Å². The zero-order valence-corrected chi connectivity index (χ0v) is 11.1. The minimum absolute atomic E-state index is 0.561. The predicted octanol–water partition coefficient (Wildman–Crippen LogP) is 2.90. The van der Waals surface area contributed by atoms with Gasteiger partial charge in [-0.3, -0.25) is 0 Å². The number of hydrogen-bond acceptors (Lipinski definition) is 3. The molecule has 0 atom stereocenters. The lowest BCUT2D eigenvalue weighted by Gasteiger charge is -2.16. The molecular weight excluding hydrogens is 226 g/mol. The van der Waals surface area contributed by atoms with Crippen LogP contribution in [0.3, 0.4) is 0 Å². The molecule has 0 bridgehead atoms. The summed E-state index contributed by atoms with van der Waals surface area (Å²) in [6, 6.07) is 6.60. The third kappa shape index (κ3) is 3.05. The van der Waals surface area contributed by atoms with Crippen molar-refractivity contribution in [1.29, 1.82) is 0 Å². The predicted molar refractivity (Wildman–Crippen MR) is 73.2 cm³/mol. The lowest BCUT2D eigenvalue weighted by Crippen LogP contribution is -2.25. The molecule has 98 valence electrons. The summed E-state index contributed by atoms with van der Waals surface area (Å²) in [6.45, 7) is 3.45. The monoisotopic (exact) mass is 247 g/mol. The summed E-state index contributed by atoms with van der Waals surface area (Å²) in [5.41, 5.74) is 1.15. The van der Waals surface area contributed by atoms with Crippen molar-refractivity contribution in [2.24, 2.45) is 0 Å². The summed E-state index contributed by atoms with van der Waals surface area (Å²) >= 11 is 0. The Kier molecular flexibility index (Phi) is 4.65. The van der Waals surface area contributed by atoms with Crippen LogP contribution < -0.4 is 14.8 Å². The van der Waals surface area contributed by atoms with E-state index < -0.39 is 0 Å². The minimum Gasteiger partial charge on any atom is -0.493 e. The quantitative estimate of drug-likeness (QED) is 0.784. The van der Waals surface area contributed by atoms with Crippen LogP contribution in [0.4, 0.5) is 0 Å². The van der Waals surface area contributed by atoms with E-state index in [9.17, 15) is 0 Å². The standard InChI is InChI=1S/C15H21NO2/c1-3-18-14-10-6-7-12(15(14)17-2)11-16-13-8-4-5-9-13/h4-7,10,13,16H,3,8-9,11H2,1-2H3. The first kappa shape index (κ1) is 13.0. The maximum Gasteiger partial charge on any atom is 0.165 e. The van der Waals surface area contributed by atoms with Crippen molar-refractivity contribution in [2.45, 2.75) is 32.4 Å². The van der Waals surface area contributed by atoms with Gasteiger partial charge >= 0.3 is 0 Å². The zero-order chi connectivity index (χ0) is 12.8. The van der Waals surface area contributed by atoms with E-state index >= 15 is 0 Å².